The van der Waals surface area contributed by atoms with Crippen molar-refractivity contribution in [3.05, 3.63) is 63.9 Å². The highest BCUT2D eigenvalue weighted by Gasteiger charge is 2.20. The zero-order chi connectivity index (χ0) is 20.7. The Hall–Kier alpha value is -3.52. The molecule has 0 unspecified atom stereocenters. The molecule has 3 heterocycles. The zero-order valence-corrected chi connectivity index (χ0v) is 16.6. The van der Waals surface area contributed by atoms with Gasteiger partial charge in [-0.3, -0.25) is 9.98 Å². The Morgan fingerprint density at radius 1 is 1.27 bits per heavy atom. The molecule has 0 amide bonds. The fraction of sp³-hybridized carbons (Fsp3) is 0.190. The van der Waals surface area contributed by atoms with Gasteiger partial charge in [0.2, 0.25) is 0 Å². The van der Waals surface area contributed by atoms with Gasteiger partial charge in [-0.2, -0.15) is 9.61 Å². The van der Waals surface area contributed by atoms with Crippen LogP contribution in [0.25, 0.3) is 11.7 Å². The molecule has 0 radical (unpaired) electrons. The number of aromatic nitrogens is 4. The quantitative estimate of drug-likeness (QED) is 0.395. The van der Waals surface area contributed by atoms with Gasteiger partial charge in [-0.15, -0.1) is 0 Å². The summed E-state index contributed by atoms with van der Waals surface area (Å²) >= 11 is 6.10. The van der Waals surface area contributed by atoms with Gasteiger partial charge in [0.25, 0.3) is 0 Å². The van der Waals surface area contributed by atoms with Crippen LogP contribution in [-0.2, 0) is 0 Å². The van der Waals surface area contributed by atoms with E-state index in [1.165, 1.54) is 18.9 Å². The van der Waals surface area contributed by atoms with Gasteiger partial charge in [0, 0.05) is 40.2 Å². The Morgan fingerprint density at radius 2 is 2.13 bits per heavy atom. The third-order valence-corrected chi connectivity index (χ3v) is 5.14. The Labute approximate surface area is 176 Å². The summed E-state index contributed by atoms with van der Waals surface area (Å²) in [5, 5.41) is 28.5. The van der Waals surface area contributed by atoms with E-state index < -0.39 is 0 Å². The topological polar surface area (TPSA) is 111 Å². The van der Waals surface area contributed by atoms with Crippen molar-refractivity contribution < 1.29 is 10.2 Å². The number of hydrogen-bond acceptors (Lipinski definition) is 6. The molecule has 0 saturated heterocycles. The smallest absolute Gasteiger partial charge is 0.198 e. The van der Waals surface area contributed by atoms with Crippen molar-refractivity contribution in [3.8, 4) is 11.8 Å². The van der Waals surface area contributed by atoms with Crippen LogP contribution in [0.2, 0.25) is 5.02 Å². The molecule has 0 spiro atoms. The predicted molar refractivity (Wildman–Crippen MR) is 114 cm³/mol. The lowest BCUT2D eigenvalue weighted by Crippen LogP contribution is -2.19. The van der Waals surface area contributed by atoms with Crippen molar-refractivity contribution in [1.82, 2.24) is 19.6 Å². The van der Waals surface area contributed by atoms with E-state index in [0.717, 1.165) is 12.2 Å². The second-order valence-corrected chi connectivity index (χ2v) is 7.79. The Morgan fingerprint density at radius 3 is 2.87 bits per heavy atom. The highest BCUT2D eigenvalue weighted by molar-refractivity contribution is 6.30. The summed E-state index contributed by atoms with van der Waals surface area (Å²) in [4.78, 5) is 11.9. The number of aromatic amines is 1. The zero-order valence-electron chi connectivity index (χ0n) is 15.9. The highest BCUT2D eigenvalue weighted by Crippen LogP contribution is 2.28. The molecule has 1 fully saturated rings. The van der Waals surface area contributed by atoms with Gasteiger partial charge >= 0.3 is 0 Å². The fourth-order valence-corrected chi connectivity index (χ4v) is 3.39. The molecular formula is C21H19ClN6O2. The highest BCUT2D eigenvalue weighted by atomic mass is 35.5. The van der Waals surface area contributed by atoms with Crippen LogP contribution < -0.4 is 16.0 Å². The van der Waals surface area contributed by atoms with Crippen molar-refractivity contribution in [2.24, 2.45) is 10.9 Å². The van der Waals surface area contributed by atoms with Gasteiger partial charge in [0.05, 0.1) is 6.20 Å². The first-order chi connectivity index (χ1) is 14.5. The number of benzene rings is 1. The van der Waals surface area contributed by atoms with Gasteiger partial charge in [0.1, 0.15) is 5.82 Å². The van der Waals surface area contributed by atoms with Crippen LogP contribution in [0.1, 0.15) is 18.4 Å². The summed E-state index contributed by atoms with van der Waals surface area (Å²) in [6, 6.07) is 10.7. The first-order valence-corrected chi connectivity index (χ1v) is 9.97. The van der Waals surface area contributed by atoms with Gasteiger partial charge in [-0.1, -0.05) is 17.7 Å². The average Bonchev–Trinajstić information content (AvgIpc) is 3.37. The lowest BCUT2D eigenvalue weighted by molar-refractivity contribution is 0.425. The van der Waals surface area contributed by atoms with Crippen LogP contribution in [0.15, 0.2) is 47.6 Å². The van der Waals surface area contributed by atoms with E-state index in [4.69, 9.17) is 21.6 Å². The van der Waals surface area contributed by atoms with Crippen LogP contribution in [0.3, 0.4) is 0 Å². The molecule has 9 heteroatoms. The van der Waals surface area contributed by atoms with Gasteiger partial charge < -0.3 is 15.5 Å². The van der Waals surface area contributed by atoms with E-state index in [2.05, 4.69) is 15.4 Å². The molecule has 30 heavy (non-hydrogen) atoms. The molecule has 0 aliphatic heterocycles. The summed E-state index contributed by atoms with van der Waals surface area (Å²) in [5.41, 5.74) is 2.52. The first-order valence-electron chi connectivity index (χ1n) is 9.60. The van der Waals surface area contributed by atoms with E-state index in [1.807, 2.05) is 30.3 Å². The van der Waals surface area contributed by atoms with Crippen molar-refractivity contribution in [3.63, 3.8) is 0 Å². The summed E-state index contributed by atoms with van der Waals surface area (Å²) < 4.78 is 1.68. The normalized spacial score (nSPS) is 15.2. The van der Waals surface area contributed by atoms with Crippen molar-refractivity contribution in [1.29, 1.82) is 0 Å². The molecule has 1 aromatic carbocycles. The fourth-order valence-electron chi connectivity index (χ4n) is 3.20. The number of halogens is 1. The van der Waals surface area contributed by atoms with Gasteiger partial charge in [0.15, 0.2) is 22.9 Å². The number of H-pyrrole nitrogens is 1. The van der Waals surface area contributed by atoms with E-state index in [-0.39, 0.29) is 11.8 Å². The minimum Gasteiger partial charge on any atom is -0.494 e. The van der Waals surface area contributed by atoms with E-state index >= 15 is 0 Å². The maximum Gasteiger partial charge on any atom is 0.198 e. The van der Waals surface area contributed by atoms with E-state index in [0.29, 0.717) is 38.7 Å². The lowest BCUT2D eigenvalue weighted by atomic mass is 10.2. The number of nitrogens with one attached hydrogen (secondary N) is 2. The SMILES string of the molecule is Oc1cc(C=c2cnn3c(=NCC4CC4)cc(Nc4cccc(Cl)c4)nc23)c(O)[nH]1. The summed E-state index contributed by atoms with van der Waals surface area (Å²) in [6.07, 6.45) is 5.78. The summed E-state index contributed by atoms with van der Waals surface area (Å²) in [7, 11) is 0. The number of hydrogen-bond donors (Lipinski definition) is 4. The maximum absolute atomic E-state index is 9.95. The number of anilines is 2. The Kier molecular flexibility index (Phi) is 4.55. The predicted octanol–water partition coefficient (Wildman–Crippen LogP) is 2.72. The standard InChI is InChI=1S/C21H19ClN6O2/c22-15-2-1-3-16(8-15)25-17-9-18(23-10-12-4-5-12)28-20(26-17)14(11-24-28)6-13-7-19(29)27-21(13)30/h1-3,6-9,11-12,25,27,29-30H,4-5,10H2. The minimum atomic E-state index is -0.126. The van der Waals surface area contributed by atoms with Crippen LogP contribution in [0.4, 0.5) is 11.5 Å². The molecule has 0 bridgehead atoms. The van der Waals surface area contributed by atoms with Gasteiger partial charge in [-0.25, -0.2) is 4.98 Å². The third-order valence-electron chi connectivity index (χ3n) is 4.91. The molecule has 1 aliphatic rings. The van der Waals surface area contributed by atoms with E-state index in [9.17, 15) is 10.2 Å². The van der Waals surface area contributed by atoms with Gasteiger partial charge in [-0.05, 0) is 43.0 Å². The molecule has 3 aromatic heterocycles. The third kappa shape index (κ3) is 3.81. The molecule has 5 rings (SSSR count). The monoisotopic (exact) mass is 422 g/mol. The molecule has 8 nitrogen and oxygen atoms in total. The van der Waals surface area contributed by atoms with Crippen molar-refractivity contribution in [2.75, 3.05) is 11.9 Å². The molecule has 1 saturated carbocycles. The van der Waals surface area contributed by atoms with E-state index in [1.54, 1.807) is 16.8 Å². The molecule has 0 atom stereocenters. The van der Waals surface area contributed by atoms with Crippen LogP contribution >= 0.6 is 11.6 Å². The van der Waals surface area contributed by atoms with Crippen LogP contribution in [-0.4, -0.2) is 36.3 Å². The Bertz CT molecular complexity index is 1360. The second-order valence-electron chi connectivity index (χ2n) is 7.36. The molecule has 1 aliphatic carbocycles. The molecule has 4 N–H and O–H groups in total. The number of rotatable bonds is 5. The van der Waals surface area contributed by atoms with Crippen molar-refractivity contribution in [2.45, 2.75) is 12.8 Å². The first kappa shape index (κ1) is 18.5. The maximum atomic E-state index is 9.95. The second kappa shape index (κ2) is 7.38. The molecule has 4 aromatic rings. The molecule has 152 valence electrons. The van der Waals surface area contributed by atoms with Crippen molar-refractivity contribution >= 4 is 34.8 Å². The number of aromatic hydroxyl groups is 2. The summed E-state index contributed by atoms with van der Waals surface area (Å²) in [6.45, 7) is 0.751. The average molecular weight is 423 g/mol. The minimum absolute atomic E-state index is 0.119. The Balaban J connectivity index is 1.65. The van der Waals surface area contributed by atoms with Crippen LogP contribution in [0.5, 0.6) is 11.8 Å². The lowest BCUT2D eigenvalue weighted by Gasteiger charge is -2.07. The van der Waals surface area contributed by atoms with Crippen LogP contribution in [0, 0.1) is 5.92 Å². The number of fused-ring (bicyclic) bond motifs is 1. The summed E-state index contributed by atoms with van der Waals surface area (Å²) in [5.74, 6) is 1.000. The largest absolute Gasteiger partial charge is 0.494 e. The molecular weight excluding hydrogens is 404 g/mol. The number of nitrogens with zero attached hydrogens (tertiary/aromatic N) is 4.